The number of aromatic nitrogens is 4. The Morgan fingerprint density at radius 1 is 1.26 bits per heavy atom. The Hall–Kier alpha value is -2.28. The zero-order valence-electron chi connectivity index (χ0n) is 15.7. The summed E-state index contributed by atoms with van der Waals surface area (Å²) in [7, 11) is 0. The quantitative estimate of drug-likeness (QED) is 0.862. The van der Waals surface area contributed by atoms with Crippen molar-refractivity contribution in [3.63, 3.8) is 0 Å². The van der Waals surface area contributed by atoms with Crippen LogP contribution < -0.4 is 5.32 Å². The predicted octanol–water partition coefficient (Wildman–Crippen LogP) is 2.27. The molecule has 7 nitrogen and oxygen atoms in total. The Balaban J connectivity index is 1.52. The topological polar surface area (TPSA) is 92.9 Å². The normalized spacial score (nSPS) is 26.2. The third kappa shape index (κ3) is 3.88. The summed E-state index contributed by atoms with van der Waals surface area (Å²) in [5.41, 5.74) is 0.880. The Morgan fingerprint density at radius 3 is 2.81 bits per heavy atom. The van der Waals surface area contributed by atoms with Gasteiger partial charge in [0, 0.05) is 18.0 Å². The number of aliphatic hydroxyl groups excluding tert-OH is 1. The van der Waals surface area contributed by atoms with Crippen LogP contribution in [0.15, 0.2) is 24.5 Å². The number of carbonyl (C=O) groups is 1. The molecule has 2 N–H and O–H groups in total. The Kier molecular flexibility index (Phi) is 5.20. The van der Waals surface area contributed by atoms with Crippen LogP contribution in [0.3, 0.4) is 0 Å². The minimum absolute atomic E-state index is 0.0992. The molecule has 4 rings (SSSR count). The molecule has 27 heavy (non-hydrogen) atoms. The average molecular weight is 369 g/mol. The highest BCUT2D eigenvalue weighted by Crippen LogP contribution is 2.34. The smallest absolute Gasteiger partial charge is 0.223 e. The summed E-state index contributed by atoms with van der Waals surface area (Å²) < 4.78 is 1.85. The third-order valence-electron chi connectivity index (χ3n) is 5.86. The minimum atomic E-state index is -0.498. The van der Waals surface area contributed by atoms with Crippen molar-refractivity contribution < 1.29 is 9.90 Å². The first-order valence-corrected chi connectivity index (χ1v) is 9.94. The number of aryl methyl sites for hydroxylation is 1. The fourth-order valence-corrected chi connectivity index (χ4v) is 4.40. The van der Waals surface area contributed by atoms with Crippen LogP contribution in [-0.2, 0) is 4.79 Å². The summed E-state index contributed by atoms with van der Waals surface area (Å²) in [6.07, 6.45) is 9.35. The van der Waals surface area contributed by atoms with Gasteiger partial charge in [-0.3, -0.25) is 9.78 Å². The number of amides is 1. The van der Waals surface area contributed by atoms with Gasteiger partial charge in [0.05, 0.1) is 24.0 Å². The summed E-state index contributed by atoms with van der Waals surface area (Å²) in [6.45, 7) is 1.88. The van der Waals surface area contributed by atoms with E-state index in [2.05, 4.69) is 20.4 Å². The molecule has 0 saturated heterocycles. The summed E-state index contributed by atoms with van der Waals surface area (Å²) in [5, 5.41) is 18.1. The molecule has 3 atom stereocenters. The van der Waals surface area contributed by atoms with Crippen molar-refractivity contribution in [2.24, 2.45) is 5.92 Å². The van der Waals surface area contributed by atoms with Gasteiger partial charge in [-0.05, 0) is 51.2 Å². The van der Waals surface area contributed by atoms with Crippen LogP contribution in [0.2, 0.25) is 0 Å². The van der Waals surface area contributed by atoms with Crippen molar-refractivity contribution in [2.75, 3.05) is 0 Å². The van der Waals surface area contributed by atoms with Crippen LogP contribution in [0.25, 0.3) is 5.69 Å². The molecule has 0 spiro atoms. The third-order valence-corrected chi connectivity index (χ3v) is 5.86. The first kappa shape index (κ1) is 18.1. The summed E-state index contributed by atoms with van der Waals surface area (Å²) >= 11 is 0. The van der Waals surface area contributed by atoms with E-state index in [1.54, 1.807) is 12.4 Å². The van der Waals surface area contributed by atoms with Crippen molar-refractivity contribution in [1.29, 1.82) is 0 Å². The van der Waals surface area contributed by atoms with Crippen molar-refractivity contribution in [2.45, 2.75) is 69.9 Å². The number of hydrogen-bond donors (Lipinski definition) is 2. The van der Waals surface area contributed by atoms with Gasteiger partial charge in [0.15, 0.2) is 0 Å². The molecule has 2 aliphatic carbocycles. The van der Waals surface area contributed by atoms with Crippen molar-refractivity contribution >= 4 is 5.91 Å². The number of hydrogen-bond acceptors (Lipinski definition) is 5. The number of pyridine rings is 1. The number of aliphatic hydroxyl groups is 1. The number of rotatable bonds is 4. The monoisotopic (exact) mass is 369 g/mol. The molecular weight excluding hydrogens is 342 g/mol. The summed E-state index contributed by atoms with van der Waals surface area (Å²) in [6, 6.07) is 3.61. The minimum Gasteiger partial charge on any atom is -0.391 e. The largest absolute Gasteiger partial charge is 0.391 e. The van der Waals surface area contributed by atoms with E-state index in [1.807, 2.05) is 23.7 Å². The zero-order valence-corrected chi connectivity index (χ0v) is 15.7. The maximum atomic E-state index is 12.5. The van der Waals surface area contributed by atoms with Crippen molar-refractivity contribution in [3.05, 3.63) is 36.2 Å². The molecule has 2 aromatic rings. The van der Waals surface area contributed by atoms with E-state index < -0.39 is 6.10 Å². The fourth-order valence-electron chi connectivity index (χ4n) is 4.40. The molecule has 2 aliphatic rings. The summed E-state index contributed by atoms with van der Waals surface area (Å²) in [5.74, 6) is 1.95. The first-order chi connectivity index (χ1) is 13.1. The van der Waals surface area contributed by atoms with Gasteiger partial charge in [-0.15, -0.1) is 0 Å². The second-order valence-electron chi connectivity index (χ2n) is 7.81. The summed E-state index contributed by atoms with van der Waals surface area (Å²) in [4.78, 5) is 21.4. The second-order valence-corrected chi connectivity index (χ2v) is 7.81. The average Bonchev–Trinajstić information content (AvgIpc) is 3.34. The maximum Gasteiger partial charge on any atom is 0.223 e. The molecule has 2 aromatic heterocycles. The van der Waals surface area contributed by atoms with Crippen LogP contribution in [0.5, 0.6) is 0 Å². The Morgan fingerprint density at radius 2 is 2.07 bits per heavy atom. The lowest BCUT2D eigenvalue weighted by Crippen LogP contribution is -2.48. The Bertz CT molecular complexity index is 785. The van der Waals surface area contributed by atoms with Crippen LogP contribution in [-0.4, -0.2) is 42.9 Å². The maximum absolute atomic E-state index is 12.5. The molecule has 7 heteroatoms. The molecule has 1 amide bonds. The Labute approximate surface area is 159 Å². The van der Waals surface area contributed by atoms with Gasteiger partial charge >= 0.3 is 0 Å². The number of nitrogens with zero attached hydrogens (tertiary/aromatic N) is 4. The molecule has 2 heterocycles. The van der Waals surface area contributed by atoms with Gasteiger partial charge in [-0.2, -0.15) is 5.10 Å². The molecule has 0 aliphatic heterocycles. The molecule has 144 valence electrons. The van der Waals surface area contributed by atoms with E-state index >= 15 is 0 Å². The number of carbonyl (C=O) groups excluding carboxylic acids is 1. The second kappa shape index (κ2) is 7.76. The van der Waals surface area contributed by atoms with E-state index in [1.165, 1.54) is 0 Å². The van der Waals surface area contributed by atoms with E-state index in [9.17, 15) is 9.90 Å². The SMILES string of the molecule is Cc1nc([C@H]2CC[C@@H](O)[C@H](NC(=O)C3CCCC3)C2)n(-c2cccnc2)n1. The molecule has 0 aromatic carbocycles. The van der Waals surface area contributed by atoms with E-state index in [0.29, 0.717) is 18.7 Å². The van der Waals surface area contributed by atoms with Crippen LogP contribution in [0.4, 0.5) is 0 Å². The van der Waals surface area contributed by atoms with Crippen LogP contribution in [0, 0.1) is 12.8 Å². The molecular formula is C20H27N5O2. The van der Waals surface area contributed by atoms with Crippen molar-refractivity contribution in [3.8, 4) is 5.69 Å². The van der Waals surface area contributed by atoms with Gasteiger partial charge in [-0.1, -0.05) is 12.8 Å². The molecule has 0 unspecified atom stereocenters. The van der Waals surface area contributed by atoms with E-state index in [0.717, 1.165) is 43.6 Å². The van der Waals surface area contributed by atoms with Crippen LogP contribution >= 0.6 is 0 Å². The molecule has 2 fully saturated rings. The number of nitrogens with one attached hydrogen (secondary N) is 1. The van der Waals surface area contributed by atoms with Gasteiger partial charge < -0.3 is 10.4 Å². The van der Waals surface area contributed by atoms with E-state index in [-0.39, 0.29) is 23.8 Å². The lowest BCUT2D eigenvalue weighted by molar-refractivity contribution is -0.126. The molecule has 2 saturated carbocycles. The van der Waals surface area contributed by atoms with Crippen LogP contribution in [0.1, 0.15) is 62.5 Å². The van der Waals surface area contributed by atoms with Gasteiger partial charge in [0.1, 0.15) is 11.6 Å². The van der Waals surface area contributed by atoms with Gasteiger partial charge in [0.2, 0.25) is 5.91 Å². The first-order valence-electron chi connectivity index (χ1n) is 9.94. The molecule has 0 radical (unpaired) electrons. The lowest BCUT2D eigenvalue weighted by atomic mass is 9.83. The predicted molar refractivity (Wildman–Crippen MR) is 100 cm³/mol. The standard InChI is InChI=1S/C20H27N5O2/c1-13-22-19(25(24-13)16-7-4-10-21-12-16)15-8-9-18(26)17(11-15)23-20(27)14-5-2-3-6-14/h4,7,10,12,14-15,17-18,26H,2-3,5-6,8-9,11H2,1H3,(H,23,27)/t15-,17+,18+/m0/s1. The highest BCUT2D eigenvalue weighted by molar-refractivity contribution is 5.79. The highest BCUT2D eigenvalue weighted by atomic mass is 16.3. The van der Waals surface area contributed by atoms with Crippen molar-refractivity contribution in [1.82, 2.24) is 25.1 Å². The molecule has 0 bridgehead atoms. The van der Waals surface area contributed by atoms with Gasteiger partial charge in [-0.25, -0.2) is 9.67 Å². The van der Waals surface area contributed by atoms with E-state index in [4.69, 9.17) is 0 Å². The van der Waals surface area contributed by atoms with Gasteiger partial charge in [0.25, 0.3) is 0 Å². The zero-order chi connectivity index (χ0) is 18.8. The fraction of sp³-hybridized carbons (Fsp3) is 0.600. The highest BCUT2D eigenvalue weighted by Gasteiger charge is 2.35. The lowest BCUT2D eigenvalue weighted by Gasteiger charge is -2.34.